The largest absolute Gasteiger partial charge is 0.389 e. The van der Waals surface area contributed by atoms with Crippen LogP contribution in [0.15, 0.2) is 22.7 Å². The first-order chi connectivity index (χ1) is 8.73. The van der Waals surface area contributed by atoms with E-state index in [-0.39, 0.29) is 6.03 Å². The van der Waals surface area contributed by atoms with Crippen molar-refractivity contribution in [3.05, 3.63) is 28.2 Å². The minimum absolute atomic E-state index is 0.212. The third-order valence-corrected chi connectivity index (χ3v) is 3.30. The lowest BCUT2D eigenvalue weighted by atomic mass is 10.1. The van der Waals surface area contributed by atoms with E-state index in [9.17, 15) is 9.90 Å². The summed E-state index contributed by atoms with van der Waals surface area (Å²) in [4.78, 5) is 13.7. The number of carbonyl (C=O) groups is 1. The molecule has 1 rings (SSSR count). The molecule has 0 heterocycles. The predicted molar refractivity (Wildman–Crippen MR) is 81.4 cm³/mol. The maximum atomic E-state index is 12.2. The van der Waals surface area contributed by atoms with E-state index >= 15 is 0 Å². The van der Waals surface area contributed by atoms with Crippen molar-refractivity contribution in [3.8, 4) is 0 Å². The van der Waals surface area contributed by atoms with Crippen LogP contribution in [-0.2, 0) is 0 Å². The van der Waals surface area contributed by atoms with Crippen LogP contribution in [0.2, 0.25) is 0 Å². The van der Waals surface area contributed by atoms with Crippen molar-refractivity contribution < 1.29 is 9.90 Å². The van der Waals surface area contributed by atoms with Crippen LogP contribution in [0.3, 0.4) is 0 Å². The molecular weight excluding hydrogens is 308 g/mol. The molecule has 2 N–H and O–H groups in total. The molecule has 0 aliphatic rings. The van der Waals surface area contributed by atoms with Gasteiger partial charge in [-0.2, -0.15) is 0 Å². The van der Waals surface area contributed by atoms with Gasteiger partial charge in [-0.3, -0.25) is 0 Å². The summed E-state index contributed by atoms with van der Waals surface area (Å²) in [7, 11) is 0. The highest BCUT2D eigenvalue weighted by atomic mass is 79.9. The Morgan fingerprint density at radius 1 is 1.47 bits per heavy atom. The second-order valence-electron chi connectivity index (χ2n) is 5.24. The fourth-order valence-corrected chi connectivity index (χ4v) is 2.07. The fourth-order valence-electron chi connectivity index (χ4n) is 1.72. The highest BCUT2D eigenvalue weighted by Gasteiger charge is 2.21. The highest BCUT2D eigenvalue weighted by molar-refractivity contribution is 9.10. The number of halogens is 1. The summed E-state index contributed by atoms with van der Waals surface area (Å²) in [5.41, 5.74) is 0.903. The summed E-state index contributed by atoms with van der Waals surface area (Å²) in [6.07, 6.45) is 0. The first-order valence-electron chi connectivity index (χ1n) is 6.27. The van der Waals surface area contributed by atoms with Crippen molar-refractivity contribution >= 4 is 27.6 Å². The Balaban J connectivity index is 2.80. The molecule has 106 valence electrons. The maximum absolute atomic E-state index is 12.2. The minimum atomic E-state index is -0.906. The van der Waals surface area contributed by atoms with E-state index in [4.69, 9.17) is 0 Å². The standard InChI is InChI=1S/C14H21BrN2O2/c1-5-17(9-14(3,4)19)13(18)16-12-8-10(2)6-7-11(12)15/h6-8,19H,5,9H2,1-4H3,(H,16,18). The molecule has 0 saturated carbocycles. The lowest BCUT2D eigenvalue weighted by Crippen LogP contribution is -2.44. The molecular formula is C14H21BrN2O2. The first kappa shape index (κ1) is 16.0. The molecule has 0 radical (unpaired) electrons. The zero-order valence-corrected chi connectivity index (χ0v) is 13.4. The topological polar surface area (TPSA) is 52.6 Å². The Bertz CT molecular complexity index is 455. The molecule has 0 aliphatic heterocycles. The average molecular weight is 329 g/mol. The van der Waals surface area contributed by atoms with Gasteiger partial charge >= 0.3 is 6.03 Å². The van der Waals surface area contributed by atoms with Crippen LogP contribution in [0.25, 0.3) is 0 Å². The first-order valence-corrected chi connectivity index (χ1v) is 7.06. The van der Waals surface area contributed by atoms with Crippen LogP contribution in [0.1, 0.15) is 26.3 Å². The summed E-state index contributed by atoms with van der Waals surface area (Å²) >= 11 is 3.41. The van der Waals surface area contributed by atoms with Crippen molar-refractivity contribution in [2.45, 2.75) is 33.3 Å². The van der Waals surface area contributed by atoms with Gasteiger partial charge in [-0.1, -0.05) is 6.07 Å². The van der Waals surface area contributed by atoms with Crippen LogP contribution in [0, 0.1) is 6.92 Å². The Hall–Kier alpha value is -1.07. The highest BCUT2D eigenvalue weighted by Crippen LogP contribution is 2.23. The number of carbonyl (C=O) groups excluding carboxylic acids is 1. The van der Waals surface area contributed by atoms with Gasteiger partial charge in [0, 0.05) is 11.0 Å². The fraction of sp³-hybridized carbons (Fsp3) is 0.500. The van der Waals surface area contributed by atoms with Crippen LogP contribution >= 0.6 is 15.9 Å². The number of hydrogen-bond donors (Lipinski definition) is 2. The SMILES string of the molecule is CCN(CC(C)(C)O)C(=O)Nc1cc(C)ccc1Br. The zero-order valence-electron chi connectivity index (χ0n) is 11.8. The van der Waals surface area contributed by atoms with E-state index in [0.29, 0.717) is 13.1 Å². The van der Waals surface area contributed by atoms with Gasteiger partial charge in [0.15, 0.2) is 0 Å². The minimum Gasteiger partial charge on any atom is -0.389 e. The lowest BCUT2D eigenvalue weighted by Gasteiger charge is -2.28. The van der Waals surface area contributed by atoms with Crippen LogP contribution in [-0.4, -0.2) is 34.7 Å². The second kappa shape index (κ2) is 6.39. The molecule has 19 heavy (non-hydrogen) atoms. The predicted octanol–water partition coefficient (Wildman–Crippen LogP) is 3.38. The van der Waals surface area contributed by atoms with E-state index in [0.717, 1.165) is 15.7 Å². The summed E-state index contributed by atoms with van der Waals surface area (Å²) in [6, 6.07) is 5.56. The summed E-state index contributed by atoms with van der Waals surface area (Å²) in [6.45, 7) is 8.06. The van der Waals surface area contributed by atoms with E-state index in [1.165, 1.54) is 0 Å². The number of anilines is 1. The summed E-state index contributed by atoms with van der Waals surface area (Å²) in [5, 5.41) is 12.7. The molecule has 0 unspecified atom stereocenters. The maximum Gasteiger partial charge on any atom is 0.321 e. The number of hydrogen-bond acceptors (Lipinski definition) is 2. The van der Waals surface area contributed by atoms with E-state index < -0.39 is 5.60 Å². The van der Waals surface area contributed by atoms with Gasteiger partial charge in [0.25, 0.3) is 0 Å². The molecule has 1 aromatic carbocycles. The number of benzene rings is 1. The smallest absolute Gasteiger partial charge is 0.321 e. The Morgan fingerprint density at radius 3 is 2.63 bits per heavy atom. The van der Waals surface area contributed by atoms with Gasteiger partial charge in [-0.05, 0) is 61.3 Å². The van der Waals surface area contributed by atoms with Crippen molar-refractivity contribution in [1.29, 1.82) is 0 Å². The zero-order chi connectivity index (χ0) is 14.6. The Morgan fingerprint density at radius 2 is 2.11 bits per heavy atom. The number of amides is 2. The van der Waals surface area contributed by atoms with Gasteiger partial charge < -0.3 is 15.3 Å². The lowest BCUT2D eigenvalue weighted by molar-refractivity contribution is 0.0501. The van der Waals surface area contributed by atoms with Gasteiger partial charge in [0.1, 0.15) is 0 Å². The van der Waals surface area contributed by atoms with E-state index in [1.807, 2.05) is 32.0 Å². The number of urea groups is 1. The number of nitrogens with zero attached hydrogens (tertiary/aromatic N) is 1. The van der Waals surface area contributed by atoms with Gasteiger partial charge in [0.05, 0.1) is 17.8 Å². The Kier molecular flexibility index (Phi) is 5.38. The molecule has 0 spiro atoms. The van der Waals surface area contributed by atoms with E-state index in [2.05, 4.69) is 21.2 Å². The normalized spacial score (nSPS) is 11.3. The van der Waals surface area contributed by atoms with Crippen LogP contribution in [0.5, 0.6) is 0 Å². The molecule has 0 aromatic heterocycles. The molecule has 0 atom stereocenters. The number of aryl methyl sites for hydroxylation is 1. The molecule has 0 aliphatic carbocycles. The van der Waals surface area contributed by atoms with Crippen molar-refractivity contribution in [2.75, 3.05) is 18.4 Å². The van der Waals surface area contributed by atoms with Crippen molar-refractivity contribution in [1.82, 2.24) is 4.90 Å². The molecule has 4 nitrogen and oxygen atoms in total. The molecule has 2 amide bonds. The number of likely N-dealkylation sites (N-methyl/N-ethyl adjacent to an activating group) is 1. The Labute approximate surface area is 122 Å². The molecule has 0 fully saturated rings. The number of aliphatic hydroxyl groups is 1. The van der Waals surface area contributed by atoms with Crippen LogP contribution < -0.4 is 5.32 Å². The van der Waals surface area contributed by atoms with Crippen LogP contribution in [0.4, 0.5) is 10.5 Å². The number of rotatable bonds is 4. The molecule has 5 heteroatoms. The van der Waals surface area contributed by atoms with Gasteiger partial charge in [-0.25, -0.2) is 4.79 Å². The average Bonchev–Trinajstić information content (AvgIpc) is 2.29. The molecule has 1 aromatic rings. The van der Waals surface area contributed by atoms with Crippen molar-refractivity contribution in [2.24, 2.45) is 0 Å². The molecule has 0 saturated heterocycles. The van der Waals surface area contributed by atoms with Gasteiger partial charge in [-0.15, -0.1) is 0 Å². The van der Waals surface area contributed by atoms with E-state index in [1.54, 1.807) is 18.7 Å². The summed E-state index contributed by atoms with van der Waals surface area (Å²) in [5.74, 6) is 0. The quantitative estimate of drug-likeness (QED) is 0.890. The third kappa shape index (κ3) is 5.20. The van der Waals surface area contributed by atoms with Gasteiger partial charge in [0.2, 0.25) is 0 Å². The molecule has 0 bridgehead atoms. The monoisotopic (exact) mass is 328 g/mol. The van der Waals surface area contributed by atoms with Crippen molar-refractivity contribution in [3.63, 3.8) is 0 Å². The second-order valence-corrected chi connectivity index (χ2v) is 6.09. The third-order valence-electron chi connectivity index (χ3n) is 2.61. The number of nitrogens with one attached hydrogen (secondary N) is 1. The summed E-state index contributed by atoms with van der Waals surface area (Å²) < 4.78 is 0.839.